The van der Waals surface area contributed by atoms with E-state index in [0.29, 0.717) is 0 Å². The van der Waals surface area contributed by atoms with E-state index >= 15 is 0 Å². The van der Waals surface area contributed by atoms with Crippen LogP contribution in [-0.4, -0.2) is 28.2 Å². The van der Waals surface area contributed by atoms with E-state index in [1.54, 1.807) is 0 Å². The highest BCUT2D eigenvalue weighted by Gasteiger charge is 2.09. The topological polar surface area (TPSA) is 87.5 Å². The van der Waals surface area contributed by atoms with E-state index in [2.05, 4.69) is 20.5 Å². The molecule has 0 aliphatic heterocycles. The van der Waals surface area contributed by atoms with Crippen molar-refractivity contribution in [1.82, 2.24) is 9.97 Å². The molecule has 0 amide bonds. The standard InChI is InChI=1S/C6H7ClN4O2/c7-5-4(11-13)6(8-1-2-12)10-3-9-5/h3,12H,1-2H2,(H,8,9,10). The quantitative estimate of drug-likeness (QED) is 0.560. The molecule has 0 atom stereocenters. The number of aliphatic hydroxyl groups excluding tert-OH is 1. The molecule has 0 saturated heterocycles. The first-order valence-corrected chi connectivity index (χ1v) is 3.86. The molecule has 0 aliphatic carbocycles. The number of rotatable bonds is 4. The van der Waals surface area contributed by atoms with E-state index in [0.717, 1.165) is 0 Å². The van der Waals surface area contributed by atoms with E-state index in [1.165, 1.54) is 6.33 Å². The number of nitrogens with one attached hydrogen (secondary N) is 1. The maximum atomic E-state index is 10.3. The number of nitrogens with zero attached hydrogens (tertiary/aromatic N) is 3. The van der Waals surface area contributed by atoms with Crippen LogP contribution in [0.4, 0.5) is 11.5 Å². The zero-order valence-electron chi connectivity index (χ0n) is 6.57. The first kappa shape index (κ1) is 9.82. The fourth-order valence-corrected chi connectivity index (χ4v) is 0.909. The molecule has 0 unspecified atom stereocenters. The van der Waals surface area contributed by atoms with Gasteiger partial charge >= 0.3 is 0 Å². The Morgan fingerprint density at radius 1 is 1.62 bits per heavy atom. The maximum absolute atomic E-state index is 10.3. The molecule has 2 N–H and O–H groups in total. The fourth-order valence-electron chi connectivity index (χ4n) is 0.742. The van der Waals surface area contributed by atoms with Crippen molar-refractivity contribution in [1.29, 1.82) is 0 Å². The van der Waals surface area contributed by atoms with Crippen LogP contribution < -0.4 is 5.32 Å². The molecule has 0 radical (unpaired) electrons. The molecule has 0 aromatic carbocycles. The molecule has 0 spiro atoms. The Bertz CT molecular complexity index is 307. The third-order valence-electron chi connectivity index (χ3n) is 1.27. The van der Waals surface area contributed by atoms with Gasteiger partial charge in [0.1, 0.15) is 6.33 Å². The molecule has 6 nitrogen and oxygen atoms in total. The van der Waals surface area contributed by atoms with Gasteiger partial charge in [-0.1, -0.05) is 11.6 Å². The van der Waals surface area contributed by atoms with Gasteiger partial charge in [-0.05, 0) is 5.18 Å². The van der Waals surface area contributed by atoms with Gasteiger partial charge in [-0.25, -0.2) is 9.97 Å². The van der Waals surface area contributed by atoms with E-state index in [4.69, 9.17) is 16.7 Å². The van der Waals surface area contributed by atoms with Crippen molar-refractivity contribution in [3.8, 4) is 0 Å². The Morgan fingerprint density at radius 3 is 3.00 bits per heavy atom. The SMILES string of the molecule is O=Nc1c(Cl)ncnc1NCCO. The van der Waals surface area contributed by atoms with Crippen molar-refractivity contribution in [2.75, 3.05) is 18.5 Å². The molecule has 7 heteroatoms. The average Bonchev–Trinajstić information content (AvgIpc) is 2.15. The minimum atomic E-state index is -0.0695. The molecule has 0 saturated carbocycles. The molecular formula is C6H7ClN4O2. The number of hydrogen-bond donors (Lipinski definition) is 2. The van der Waals surface area contributed by atoms with Crippen molar-refractivity contribution >= 4 is 23.1 Å². The summed E-state index contributed by atoms with van der Waals surface area (Å²) in [6.45, 7) is 0.204. The highest BCUT2D eigenvalue weighted by atomic mass is 35.5. The van der Waals surface area contributed by atoms with Crippen LogP contribution in [0.25, 0.3) is 0 Å². The summed E-state index contributed by atoms with van der Waals surface area (Å²) in [4.78, 5) is 17.6. The Hall–Kier alpha value is -1.27. The molecule has 70 valence electrons. The van der Waals surface area contributed by atoms with Crippen LogP contribution in [0.15, 0.2) is 11.5 Å². The van der Waals surface area contributed by atoms with Gasteiger partial charge in [0.05, 0.1) is 6.61 Å². The normalized spacial score (nSPS) is 9.69. The van der Waals surface area contributed by atoms with E-state index in [1.807, 2.05) is 0 Å². The number of hydrogen-bond acceptors (Lipinski definition) is 6. The van der Waals surface area contributed by atoms with Gasteiger partial charge in [-0.3, -0.25) is 0 Å². The molecular weight excluding hydrogens is 196 g/mol. The number of halogens is 1. The number of aromatic nitrogens is 2. The summed E-state index contributed by atoms with van der Waals surface area (Å²) in [5.74, 6) is 0.226. The zero-order valence-corrected chi connectivity index (χ0v) is 7.32. The van der Waals surface area contributed by atoms with Crippen molar-refractivity contribution in [3.63, 3.8) is 0 Å². The zero-order chi connectivity index (χ0) is 9.68. The summed E-state index contributed by atoms with van der Waals surface area (Å²) >= 11 is 5.56. The third-order valence-corrected chi connectivity index (χ3v) is 1.55. The predicted octanol–water partition coefficient (Wildman–Crippen LogP) is 0.932. The fraction of sp³-hybridized carbons (Fsp3) is 0.333. The van der Waals surface area contributed by atoms with E-state index in [9.17, 15) is 4.91 Å². The first-order chi connectivity index (χ1) is 6.29. The van der Waals surface area contributed by atoms with Crippen molar-refractivity contribution in [2.45, 2.75) is 0 Å². The second kappa shape index (κ2) is 4.68. The molecule has 0 aliphatic rings. The summed E-state index contributed by atoms with van der Waals surface area (Å²) in [6, 6.07) is 0. The summed E-state index contributed by atoms with van der Waals surface area (Å²) in [7, 11) is 0. The Kier molecular flexibility index (Phi) is 3.53. The first-order valence-electron chi connectivity index (χ1n) is 3.48. The van der Waals surface area contributed by atoms with Crippen LogP contribution in [0.3, 0.4) is 0 Å². The van der Waals surface area contributed by atoms with Gasteiger partial charge in [0.2, 0.25) is 0 Å². The lowest BCUT2D eigenvalue weighted by molar-refractivity contribution is 0.311. The largest absolute Gasteiger partial charge is 0.395 e. The molecule has 1 aromatic heterocycles. The Morgan fingerprint density at radius 2 is 2.38 bits per heavy atom. The van der Waals surface area contributed by atoms with Crippen LogP contribution in [0.2, 0.25) is 5.15 Å². The number of anilines is 1. The van der Waals surface area contributed by atoms with Crippen molar-refractivity contribution in [2.24, 2.45) is 5.18 Å². The lowest BCUT2D eigenvalue weighted by Gasteiger charge is -2.04. The predicted molar refractivity (Wildman–Crippen MR) is 48.1 cm³/mol. The van der Waals surface area contributed by atoms with Crippen molar-refractivity contribution < 1.29 is 5.11 Å². The van der Waals surface area contributed by atoms with Crippen LogP contribution in [0.5, 0.6) is 0 Å². The highest BCUT2D eigenvalue weighted by Crippen LogP contribution is 2.28. The molecule has 0 bridgehead atoms. The molecule has 0 fully saturated rings. The van der Waals surface area contributed by atoms with Gasteiger partial charge in [-0.2, -0.15) is 0 Å². The van der Waals surface area contributed by atoms with Crippen LogP contribution in [0, 0.1) is 4.91 Å². The highest BCUT2D eigenvalue weighted by molar-refractivity contribution is 6.32. The summed E-state index contributed by atoms with van der Waals surface area (Å²) in [5.41, 5.74) is -0.0439. The Balaban J connectivity index is 2.91. The lowest BCUT2D eigenvalue weighted by Crippen LogP contribution is -2.07. The maximum Gasteiger partial charge on any atom is 0.187 e. The number of nitroso groups, excluding NO2 is 1. The van der Waals surface area contributed by atoms with E-state index < -0.39 is 0 Å². The van der Waals surface area contributed by atoms with Gasteiger partial charge < -0.3 is 10.4 Å². The van der Waals surface area contributed by atoms with Crippen LogP contribution in [0.1, 0.15) is 0 Å². The second-order valence-electron chi connectivity index (χ2n) is 2.10. The average molecular weight is 203 g/mol. The van der Waals surface area contributed by atoms with E-state index in [-0.39, 0.29) is 29.8 Å². The monoisotopic (exact) mass is 202 g/mol. The summed E-state index contributed by atoms with van der Waals surface area (Å²) in [5, 5.41) is 13.9. The molecule has 13 heavy (non-hydrogen) atoms. The lowest BCUT2D eigenvalue weighted by atomic mass is 10.5. The third kappa shape index (κ3) is 2.33. The molecule has 1 aromatic rings. The molecule has 1 heterocycles. The summed E-state index contributed by atoms with van der Waals surface area (Å²) in [6.07, 6.45) is 1.21. The summed E-state index contributed by atoms with van der Waals surface area (Å²) < 4.78 is 0. The minimum Gasteiger partial charge on any atom is -0.395 e. The van der Waals surface area contributed by atoms with Gasteiger partial charge in [0.15, 0.2) is 16.7 Å². The molecule has 1 rings (SSSR count). The van der Waals surface area contributed by atoms with Crippen LogP contribution in [-0.2, 0) is 0 Å². The van der Waals surface area contributed by atoms with Crippen molar-refractivity contribution in [3.05, 3.63) is 16.4 Å². The second-order valence-corrected chi connectivity index (χ2v) is 2.46. The van der Waals surface area contributed by atoms with Gasteiger partial charge in [-0.15, -0.1) is 4.91 Å². The Labute approximate surface area is 78.9 Å². The van der Waals surface area contributed by atoms with Gasteiger partial charge in [0, 0.05) is 6.54 Å². The van der Waals surface area contributed by atoms with Gasteiger partial charge in [0.25, 0.3) is 0 Å². The van der Waals surface area contributed by atoms with Crippen LogP contribution >= 0.6 is 11.6 Å². The smallest absolute Gasteiger partial charge is 0.187 e. The minimum absolute atomic E-state index is 0.00885. The number of aliphatic hydroxyl groups is 1.